The van der Waals surface area contributed by atoms with E-state index in [-0.39, 0.29) is 9.79 Å². The monoisotopic (exact) mass is 620 g/mol. The van der Waals surface area contributed by atoms with Crippen molar-refractivity contribution in [3.8, 4) is 0 Å². The summed E-state index contributed by atoms with van der Waals surface area (Å²) in [5.41, 5.74) is 3.17. The molecule has 0 amide bonds. The number of hydrogen-bond donors (Lipinski definition) is 2. The minimum atomic E-state index is -4.60. The van der Waals surface area contributed by atoms with Crippen LogP contribution in [0.25, 0.3) is 10.8 Å². The first kappa shape index (κ1) is 39.8. The van der Waals surface area contributed by atoms with Crippen LogP contribution >= 0.6 is 0 Å². The lowest BCUT2D eigenvalue weighted by Crippen LogP contribution is -2.15. The maximum atomic E-state index is 11.7. The predicted octanol–water partition coefficient (Wildman–Crippen LogP) is 6.62. The molecule has 0 saturated heterocycles. The molecule has 3 aromatic carbocycles. The van der Waals surface area contributed by atoms with Crippen LogP contribution < -0.4 is 0 Å². The molecule has 0 saturated carbocycles. The van der Waals surface area contributed by atoms with Crippen LogP contribution in [-0.2, 0) is 41.0 Å². The normalized spacial score (nSPS) is 10.9. The minimum Gasteiger partial charge on any atom is -0.282 e. The Bertz CT molecular complexity index is 1480. The van der Waals surface area contributed by atoms with Gasteiger partial charge in [-0.2, -0.15) is 16.8 Å². The van der Waals surface area contributed by atoms with Crippen molar-refractivity contribution in [3.63, 3.8) is 0 Å². The van der Waals surface area contributed by atoms with Gasteiger partial charge >= 0.3 is 10.4 Å². The summed E-state index contributed by atoms with van der Waals surface area (Å²) in [5, 5.41) is 1.85. The molecule has 0 unspecified atom stereocenters. The Labute approximate surface area is 241 Å². The summed E-state index contributed by atoms with van der Waals surface area (Å²) >= 11 is 0. The lowest BCUT2D eigenvalue weighted by molar-refractivity contribution is 0.284. The second kappa shape index (κ2) is 18.9. The number of sulfone groups is 1. The molecule has 0 heterocycles. The molecule has 0 aliphatic carbocycles. The molecule has 2 N–H and O–H groups in total. The van der Waals surface area contributed by atoms with Gasteiger partial charge in [0.1, 0.15) is 0 Å². The van der Waals surface area contributed by atoms with Gasteiger partial charge in [0.25, 0.3) is 10.1 Å². The van der Waals surface area contributed by atoms with Crippen molar-refractivity contribution in [3.05, 3.63) is 71.3 Å². The quantitative estimate of drug-likeness (QED) is 0.277. The molecule has 3 aromatic rings. The zero-order valence-corrected chi connectivity index (χ0v) is 27.2. The number of hydrogen-bond acceptors (Lipinski definition) is 7. The van der Waals surface area contributed by atoms with Crippen LogP contribution in [0.1, 0.15) is 65.2 Å². The van der Waals surface area contributed by atoms with Crippen molar-refractivity contribution in [2.24, 2.45) is 0 Å². The van der Waals surface area contributed by atoms with Gasteiger partial charge in [-0.1, -0.05) is 84.4 Å². The van der Waals surface area contributed by atoms with E-state index in [2.05, 4.69) is 11.1 Å². The van der Waals surface area contributed by atoms with E-state index in [0.29, 0.717) is 0 Å². The zero-order valence-electron chi connectivity index (χ0n) is 24.8. The number of fused-ring (bicyclic) bond motifs is 1. The topological polar surface area (TPSA) is 152 Å². The molecule has 0 aliphatic rings. The summed E-state index contributed by atoms with van der Waals surface area (Å²) in [6, 6.07) is 14.8. The molecule has 0 atom stereocenters. The summed E-state index contributed by atoms with van der Waals surface area (Å²) in [6.07, 6.45) is 0.901. The average Bonchev–Trinajstić information content (AvgIpc) is 2.91. The van der Waals surface area contributed by atoms with E-state index in [0.717, 1.165) is 28.3 Å². The zero-order chi connectivity index (χ0) is 31.7. The first-order valence-corrected chi connectivity index (χ1v) is 17.5. The molecule has 228 valence electrons. The Morgan fingerprint density at radius 1 is 0.700 bits per heavy atom. The van der Waals surface area contributed by atoms with Crippen molar-refractivity contribution in [2.45, 2.75) is 78.5 Å². The van der Waals surface area contributed by atoms with Gasteiger partial charge in [-0.3, -0.25) is 9.11 Å². The lowest BCUT2D eigenvalue weighted by atomic mass is 9.99. The van der Waals surface area contributed by atoms with Crippen molar-refractivity contribution in [1.82, 2.24) is 0 Å². The molecule has 12 heteroatoms. The third-order valence-electron chi connectivity index (χ3n) is 5.02. The number of rotatable bonds is 7. The van der Waals surface area contributed by atoms with Crippen LogP contribution in [0.15, 0.2) is 64.4 Å². The highest BCUT2D eigenvalue weighted by atomic mass is 32.3. The Morgan fingerprint density at radius 2 is 1.18 bits per heavy atom. The van der Waals surface area contributed by atoms with Crippen molar-refractivity contribution < 1.29 is 38.5 Å². The Balaban J connectivity index is 0. The first-order chi connectivity index (χ1) is 18.6. The fourth-order valence-electron chi connectivity index (χ4n) is 3.15. The van der Waals surface area contributed by atoms with E-state index in [4.69, 9.17) is 9.11 Å². The fraction of sp³-hybridized carbons (Fsp3) is 0.429. The molecule has 9 nitrogen and oxygen atoms in total. The highest BCUT2D eigenvalue weighted by Crippen LogP contribution is 2.25. The van der Waals surface area contributed by atoms with Gasteiger partial charge in [0.05, 0.1) is 22.2 Å². The van der Waals surface area contributed by atoms with E-state index < -0.39 is 42.7 Å². The smallest absolute Gasteiger partial charge is 0.282 e. The Hall–Kier alpha value is -2.35. The summed E-state index contributed by atoms with van der Waals surface area (Å²) in [5.74, 6) is -0.518. The Kier molecular flexibility index (Phi) is 18.8. The van der Waals surface area contributed by atoms with E-state index in [1.807, 2.05) is 67.5 Å². The largest absolute Gasteiger partial charge is 0.397 e. The summed E-state index contributed by atoms with van der Waals surface area (Å²) in [4.78, 5) is 0.0309. The first-order valence-electron chi connectivity index (χ1n) is 13.0. The maximum absolute atomic E-state index is 11.7. The fourth-order valence-corrected chi connectivity index (χ4v) is 5.15. The number of benzene rings is 3. The molecule has 0 aromatic heterocycles. The van der Waals surface area contributed by atoms with Crippen molar-refractivity contribution in [1.29, 1.82) is 0 Å². The third kappa shape index (κ3) is 13.8. The van der Waals surface area contributed by atoms with Gasteiger partial charge in [0.15, 0.2) is 9.84 Å². The molecule has 0 radical (unpaired) electrons. The highest BCUT2D eigenvalue weighted by molar-refractivity contribution is 7.91. The lowest BCUT2D eigenvalue weighted by Gasteiger charge is -2.08. The minimum absolute atomic E-state index is 0.0543. The molecular formula is C28H44O9S3. The van der Waals surface area contributed by atoms with Crippen LogP contribution in [-0.4, -0.2) is 46.7 Å². The Morgan fingerprint density at radius 3 is 1.62 bits per heavy atom. The molecule has 0 bridgehead atoms. The van der Waals surface area contributed by atoms with Crippen molar-refractivity contribution >= 4 is 41.1 Å². The van der Waals surface area contributed by atoms with Crippen LogP contribution in [0.3, 0.4) is 0 Å². The second-order valence-corrected chi connectivity index (χ2v) is 12.1. The SMILES string of the molecule is CC.CC.CC.CCc1ccc2ccc(S(=O)(=O)O)cc2c1C.Cc1ccc(S(=O)(=O)CCOS(=O)(=O)O)cc1. The van der Waals surface area contributed by atoms with E-state index in [1.54, 1.807) is 18.2 Å². The van der Waals surface area contributed by atoms with E-state index >= 15 is 0 Å². The van der Waals surface area contributed by atoms with Gasteiger partial charge in [-0.05, 0) is 66.4 Å². The van der Waals surface area contributed by atoms with Crippen LogP contribution in [0, 0.1) is 13.8 Å². The molecular weight excluding hydrogens is 577 g/mol. The second-order valence-electron chi connectivity index (χ2n) is 7.44. The van der Waals surface area contributed by atoms with Gasteiger partial charge in [0.2, 0.25) is 0 Å². The van der Waals surface area contributed by atoms with Gasteiger partial charge in [-0.25, -0.2) is 12.6 Å². The average molecular weight is 621 g/mol. The summed E-state index contributed by atoms with van der Waals surface area (Å²) in [7, 11) is -12.3. The van der Waals surface area contributed by atoms with Crippen molar-refractivity contribution in [2.75, 3.05) is 12.4 Å². The summed E-state index contributed by atoms with van der Waals surface area (Å²) < 4.78 is 87.3. The molecule has 3 rings (SSSR count). The van der Waals surface area contributed by atoms with Crippen LogP contribution in [0.5, 0.6) is 0 Å². The maximum Gasteiger partial charge on any atom is 0.397 e. The number of aryl methyl sites for hydroxylation is 3. The summed E-state index contributed by atoms with van der Waals surface area (Å²) in [6.45, 7) is 17.2. The molecule has 0 aliphatic heterocycles. The molecule has 0 fully saturated rings. The van der Waals surface area contributed by atoms with Gasteiger partial charge < -0.3 is 0 Å². The van der Waals surface area contributed by atoms with Crippen LogP contribution in [0.4, 0.5) is 0 Å². The molecule has 40 heavy (non-hydrogen) atoms. The third-order valence-corrected chi connectivity index (χ3v) is 8.03. The van der Waals surface area contributed by atoms with Gasteiger partial charge in [-0.15, -0.1) is 0 Å². The molecule has 0 spiro atoms. The standard InChI is InChI=1S/C13H14O3S.C9H12O6S2.3C2H6/c1-3-10-4-5-11-6-7-12(17(14,15)16)8-13(11)9(10)2;1-8-2-4-9(5-3-8)16(10,11)7-6-15-17(12,13)14;3*1-2/h4-8H,3H2,1-2H3,(H,14,15,16);2-5H,6-7H2,1H3,(H,12,13,14);3*1-2H3. The predicted molar refractivity (Wildman–Crippen MR) is 163 cm³/mol. The van der Waals surface area contributed by atoms with E-state index in [1.165, 1.54) is 29.8 Å². The van der Waals surface area contributed by atoms with E-state index in [9.17, 15) is 25.3 Å². The van der Waals surface area contributed by atoms with Crippen LogP contribution in [0.2, 0.25) is 0 Å². The van der Waals surface area contributed by atoms with Gasteiger partial charge in [0, 0.05) is 0 Å². The highest BCUT2D eigenvalue weighted by Gasteiger charge is 2.16.